The number of amides is 1. The average Bonchev–Trinajstić information content (AvgIpc) is 3.22. The van der Waals surface area contributed by atoms with Crippen LogP contribution in [0, 0.1) is 24.2 Å². The smallest absolute Gasteiger partial charge is 0.223 e. The van der Waals surface area contributed by atoms with Crippen LogP contribution < -0.4 is 5.32 Å². The fraction of sp³-hybridized carbons (Fsp3) is 0.741. The second-order valence-electron chi connectivity index (χ2n) is 11.4. The Hall–Kier alpha value is -1.61. The minimum atomic E-state index is -1.17. The van der Waals surface area contributed by atoms with E-state index in [1.807, 2.05) is 32.2 Å². The predicted molar refractivity (Wildman–Crippen MR) is 138 cm³/mol. The van der Waals surface area contributed by atoms with Gasteiger partial charge in [0.15, 0.2) is 0 Å². The lowest BCUT2D eigenvalue weighted by atomic mass is 9.72. The summed E-state index contributed by atoms with van der Waals surface area (Å²) in [5.74, 6) is -1.24. The fourth-order valence-electron chi connectivity index (χ4n) is 5.19. The number of epoxide rings is 1. The topological polar surface area (TPSA) is 112 Å². The van der Waals surface area contributed by atoms with Gasteiger partial charge >= 0.3 is 0 Å². The van der Waals surface area contributed by atoms with Gasteiger partial charge in [0.05, 0.1) is 52.5 Å². The minimum absolute atomic E-state index is 0.0170. The highest BCUT2D eigenvalue weighted by atomic mass is 32.1. The molecule has 0 spiro atoms. The van der Waals surface area contributed by atoms with E-state index in [9.17, 15) is 19.8 Å². The van der Waals surface area contributed by atoms with Gasteiger partial charge in [-0.2, -0.15) is 0 Å². The van der Waals surface area contributed by atoms with Crippen molar-refractivity contribution in [1.82, 2.24) is 10.3 Å². The van der Waals surface area contributed by atoms with Crippen LogP contribution in [0.2, 0.25) is 0 Å². The van der Waals surface area contributed by atoms with Crippen molar-refractivity contribution < 1.29 is 24.5 Å². The molecule has 3 unspecified atom stereocenters. The van der Waals surface area contributed by atoms with E-state index in [0.717, 1.165) is 35.5 Å². The Morgan fingerprint density at radius 2 is 1.94 bits per heavy atom. The third-order valence-electron chi connectivity index (χ3n) is 8.07. The van der Waals surface area contributed by atoms with Crippen molar-refractivity contribution in [2.24, 2.45) is 17.3 Å². The number of thiazole rings is 1. The number of nitrogens with one attached hydrogen (secondary N) is 1. The van der Waals surface area contributed by atoms with E-state index in [1.165, 1.54) is 0 Å². The summed E-state index contributed by atoms with van der Waals surface area (Å²) < 4.78 is 6.10. The predicted octanol–water partition coefficient (Wildman–Crippen LogP) is 4.05. The summed E-state index contributed by atoms with van der Waals surface area (Å²) in [5.41, 5.74) is 0.410. The molecule has 2 aliphatic heterocycles. The first-order valence-electron chi connectivity index (χ1n) is 12.7. The number of aryl methyl sites for hydroxylation is 1. The SMILES string of the molecule is CC(=Cc1csc(C)n1)[C@@H]1C[C@@H]2O[C@]2(C)CCCC(C)[C@H](O)C(C)C(=O)C(C)(C)C(O)CC(=O)N1. The molecule has 0 saturated carbocycles. The second-order valence-corrected chi connectivity index (χ2v) is 12.5. The summed E-state index contributed by atoms with van der Waals surface area (Å²) >= 11 is 1.58. The molecular weight excluding hydrogens is 464 g/mol. The van der Waals surface area contributed by atoms with E-state index in [4.69, 9.17) is 4.74 Å². The third-order valence-corrected chi connectivity index (χ3v) is 8.86. The van der Waals surface area contributed by atoms with E-state index in [-0.39, 0.29) is 41.8 Å². The lowest BCUT2D eigenvalue weighted by Crippen LogP contribution is -2.47. The summed E-state index contributed by atoms with van der Waals surface area (Å²) in [7, 11) is 0. The maximum Gasteiger partial charge on any atom is 0.223 e. The molecule has 8 heteroatoms. The number of hydrogen-bond donors (Lipinski definition) is 3. The van der Waals surface area contributed by atoms with Crippen LogP contribution in [0.5, 0.6) is 0 Å². The molecule has 7 atom stereocenters. The van der Waals surface area contributed by atoms with Gasteiger partial charge in [-0.25, -0.2) is 4.98 Å². The van der Waals surface area contributed by atoms with Crippen LogP contribution >= 0.6 is 11.3 Å². The molecule has 35 heavy (non-hydrogen) atoms. The van der Waals surface area contributed by atoms with E-state index >= 15 is 0 Å². The Balaban J connectivity index is 1.85. The van der Waals surface area contributed by atoms with Crippen LogP contribution in [0.4, 0.5) is 0 Å². The average molecular weight is 507 g/mol. The number of fused-ring (bicyclic) bond motifs is 1. The first kappa shape index (κ1) is 28.0. The minimum Gasteiger partial charge on any atom is -0.392 e. The van der Waals surface area contributed by atoms with Crippen molar-refractivity contribution in [3.63, 3.8) is 0 Å². The molecule has 7 nitrogen and oxygen atoms in total. The molecule has 0 radical (unpaired) electrons. The summed E-state index contributed by atoms with van der Waals surface area (Å²) in [6.07, 6.45) is 2.99. The largest absolute Gasteiger partial charge is 0.392 e. The number of carbonyl (C=O) groups is 2. The maximum atomic E-state index is 13.2. The Labute approximate surface area is 213 Å². The number of aliphatic hydroxyl groups excluding tert-OH is 2. The van der Waals surface area contributed by atoms with Crippen LogP contribution in [0.15, 0.2) is 11.0 Å². The van der Waals surface area contributed by atoms with Crippen LogP contribution in [0.1, 0.15) is 84.3 Å². The molecule has 1 aromatic heterocycles. The van der Waals surface area contributed by atoms with Crippen molar-refractivity contribution >= 4 is 29.1 Å². The van der Waals surface area contributed by atoms with Gasteiger partial charge in [-0.1, -0.05) is 34.1 Å². The quantitative estimate of drug-likeness (QED) is 0.522. The standard InChI is InChI=1S/C27H42N2O5S/c1-15-9-8-10-27(7)22(34-27)12-20(16(2)11-19-14-35-18(4)28-19)29-23(31)13-21(30)26(5,6)25(33)17(3)24(15)32/h11,14-15,17,20-22,24,30,32H,8-10,12-13H2,1-7H3,(H,29,31)/t15?,17?,20-,21?,22-,24-,27+/m0/s1. The van der Waals surface area contributed by atoms with Crippen LogP contribution in [0.3, 0.4) is 0 Å². The second kappa shape index (κ2) is 10.8. The molecule has 0 bridgehead atoms. The number of ketones is 1. The number of carbonyl (C=O) groups excluding carboxylic acids is 2. The van der Waals surface area contributed by atoms with E-state index in [0.29, 0.717) is 6.42 Å². The zero-order valence-corrected chi connectivity index (χ0v) is 22.9. The first-order chi connectivity index (χ1) is 16.2. The number of rotatable bonds is 2. The number of ether oxygens (including phenoxy) is 1. The molecule has 2 saturated heterocycles. The van der Waals surface area contributed by atoms with E-state index in [2.05, 4.69) is 17.2 Å². The van der Waals surface area contributed by atoms with E-state index in [1.54, 1.807) is 32.1 Å². The first-order valence-corrected chi connectivity index (χ1v) is 13.6. The number of nitrogens with zero attached hydrogens (tertiary/aromatic N) is 1. The number of Topliss-reactive ketones (excluding diaryl/α,β-unsaturated/α-hetero) is 1. The molecule has 1 aromatic rings. The van der Waals surface area contributed by atoms with Crippen LogP contribution in [-0.4, -0.2) is 56.8 Å². The summed E-state index contributed by atoms with van der Waals surface area (Å²) in [6, 6.07) is -0.269. The number of hydrogen-bond acceptors (Lipinski definition) is 7. The molecule has 0 aromatic carbocycles. The molecule has 2 fully saturated rings. The van der Waals surface area contributed by atoms with Gasteiger partial charge < -0.3 is 20.3 Å². The van der Waals surface area contributed by atoms with Crippen molar-refractivity contribution in [2.75, 3.05) is 0 Å². The number of aliphatic hydroxyl groups is 2. The molecule has 3 N–H and O–H groups in total. The summed E-state index contributed by atoms with van der Waals surface area (Å²) in [6.45, 7) is 13.0. The van der Waals surface area contributed by atoms with Gasteiger partial charge in [0.1, 0.15) is 5.78 Å². The lowest BCUT2D eigenvalue weighted by molar-refractivity contribution is -0.143. The van der Waals surface area contributed by atoms with Gasteiger partial charge in [0.2, 0.25) is 5.91 Å². The monoisotopic (exact) mass is 506 g/mol. The summed E-state index contributed by atoms with van der Waals surface area (Å²) in [5, 5.41) is 27.8. The maximum absolute atomic E-state index is 13.2. The Bertz CT molecular complexity index is 957. The van der Waals surface area contributed by atoms with Crippen molar-refractivity contribution in [3.05, 3.63) is 21.7 Å². The Kier molecular flexibility index (Phi) is 8.62. The molecule has 0 aliphatic carbocycles. The van der Waals surface area contributed by atoms with Gasteiger partial charge in [0, 0.05) is 17.7 Å². The molecule has 2 aliphatic rings. The van der Waals surface area contributed by atoms with Gasteiger partial charge in [-0.05, 0) is 51.2 Å². The molecular formula is C27H42N2O5S. The van der Waals surface area contributed by atoms with Crippen molar-refractivity contribution in [3.8, 4) is 0 Å². The third kappa shape index (κ3) is 6.59. The normalized spacial score (nSPS) is 37.5. The lowest BCUT2D eigenvalue weighted by Gasteiger charge is -2.34. The molecule has 1 amide bonds. The van der Waals surface area contributed by atoms with Gasteiger partial charge in [-0.15, -0.1) is 11.3 Å². The highest BCUT2D eigenvalue weighted by Crippen LogP contribution is 2.44. The van der Waals surface area contributed by atoms with Crippen LogP contribution in [-0.2, 0) is 14.3 Å². The zero-order chi connectivity index (χ0) is 26.1. The van der Waals surface area contributed by atoms with Crippen LogP contribution in [0.25, 0.3) is 6.08 Å². The summed E-state index contributed by atoms with van der Waals surface area (Å²) in [4.78, 5) is 30.8. The molecule has 3 rings (SSSR count). The fourth-order valence-corrected chi connectivity index (χ4v) is 5.76. The Morgan fingerprint density at radius 1 is 1.26 bits per heavy atom. The molecule has 3 heterocycles. The zero-order valence-electron chi connectivity index (χ0n) is 22.1. The molecule has 196 valence electrons. The van der Waals surface area contributed by atoms with Crippen molar-refractivity contribution in [1.29, 1.82) is 0 Å². The number of aromatic nitrogens is 1. The highest BCUT2D eigenvalue weighted by molar-refractivity contribution is 7.09. The van der Waals surface area contributed by atoms with Crippen molar-refractivity contribution in [2.45, 2.75) is 111 Å². The highest BCUT2D eigenvalue weighted by Gasteiger charge is 2.52. The van der Waals surface area contributed by atoms with E-state index < -0.39 is 23.5 Å². The van der Waals surface area contributed by atoms with Gasteiger partial charge in [-0.3, -0.25) is 9.59 Å². The van der Waals surface area contributed by atoms with Gasteiger partial charge in [0.25, 0.3) is 0 Å². The Morgan fingerprint density at radius 3 is 2.57 bits per heavy atom.